The van der Waals surface area contributed by atoms with Gasteiger partial charge in [0.2, 0.25) is 0 Å². The summed E-state index contributed by atoms with van der Waals surface area (Å²) in [7, 11) is 0. The number of hydrogen-bond donors (Lipinski definition) is 0. The first kappa shape index (κ1) is 22.0. The average molecular weight is 477 g/mol. The minimum absolute atomic E-state index is 0.539. The normalized spacial score (nSPS) is 11.6. The third kappa shape index (κ3) is 4.12. The van der Waals surface area contributed by atoms with Crippen molar-refractivity contribution in [3.63, 3.8) is 0 Å². The van der Waals surface area contributed by atoms with E-state index in [1.54, 1.807) is 17.2 Å². The highest BCUT2D eigenvalue weighted by Crippen LogP contribution is 2.37. The second kappa shape index (κ2) is 8.87. The molecular weight excluding hydrogens is 457 g/mol. The molecule has 5 rings (SSSR count). The van der Waals surface area contributed by atoms with E-state index >= 15 is 0 Å². The molecule has 0 saturated heterocycles. The molecule has 2 heterocycles. The van der Waals surface area contributed by atoms with Crippen LogP contribution in [0.1, 0.15) is 5.56 Å². The van der Waals surface area contributed by atoms with Gasteiger partial charge in [0.1, 0.15) is 10.7 Å². The summed E-state index contributed by atoms with van der Waals surface area (Å²) in [6.45, 7) is 0. The number of imidazole rings is 1. The second-order valence-electron chi connectivity index (χ2n) is 7.58. The van der Waals surface area contributed by atoms with Crippen molar-refractivity contribution in [3.8, 4) is 33.8 Å². The molecule has 0 aliphatic heterocycles. The highest BCUT2D eigenvalue weighted by molar-refractivity contribution is 7.98. The van der Waals surface area contributed by atoms with Crippen LogP contribution in [0.2, 0.25) is 0 Å². The Balaban J connectivity index is 1.68. The van der Waals surface area contributed by atoms with Crippen molar-refractivity contribution in [2.75, 3.05) is 6.26 Å². The quantitative estimate of drug-likeness (QED) is 0.253. The highest BCUT2D eigenvalue weighted by Gasteiger charge is 2.30. The van der Waals surface area contributed by atoms with Crippen molar-refractivity contribution in [3.05, 3.63) is 103 Å². The summed E-state index contributed by atoms with van der Waals surface area (Å²) in [5.74, 6) is 0. The fourth-order valence-electron chi connectivity index (χ4n) is 3.84. The Labute approximate surface area is 198 Å². The Kier molecular flexibility index (Phi) is 5.75. The lowest BCUT2D eigenvalue weighted by atomic mass is 10.0. The molecule has 0 saturated carbocycles. The van der Waals surface area contributed by atoms with E-state index < -0.39 is 11.7 Å². The van der Waals surface area contributed by atoms with Crippen LogP contribution in [0.3, 0.4) is 0 Å². The number of benzene rings is 3. The third-order valence-corrected chi connectivity index (χ3v) is 6.15. The fourth-order valence-corrected chi connectivity index (χ4v) is 4.40. The Bertz CT molecular complexity index is 1390. The lowest BCUT2D eigenvalue weighted by molar-refractivity contribution is -0.137. The van der Waals surface area contributed by atoms with E-state index in [1.165, 1.54) is 23.9 Å². The van der Waals surface area contributed by atoms with Gasteiger partial charge in [-0.3, -0.25) is 0 Å². The van der Waals surface area contributed by atoms with Crippen molar-refractivity contribution < 1.29 is 13.2 Å². The summed E-state index contributed by atoms with van der Waals surface area (Å²) in [6.07, 6.45) is 2.72. The van der Waals surface area contributed by atoms with E-state index in [0.717, 1.165) is 45.2 Å². The molecular formula is C26H19F3N4S. The molecule has 0 aliphatic rings. The molecule has 0 radical (unpaired) electrons. The van der Waals surface area contributed by atoms with Crippen molar-refractivity contribution in [2.45, 2.75) is 11.2 Å². The van der Waals surface area contributed by atoms with Crippen LogP contribution in [0.5, 0.6) is 0 Å². The average Bonchev–Trinajstić information content (AvgIpc) is 3.52. The molecule has 0 fully saturated rings. The van der Waals surface area contributed by atoms with Crippen LogP contribution in [0.4, 0.5) is 13.2 Å². The van der Waals surface area contributed by atoms with Crippen LogP contribution < -0.4 is 0 Å². The number of alkyl halides is 3. The first-order valence-electron chi connectivity index (χ1n) is 10.4. The van der Waals surface area contributed by atoms with E-state index in [0.29, 0.717) is 5.69 Å². The molecule has 8 heteroatoms. The first-order valence-corrected chi connectivity index (χ1v) is 11.7. The van der Waals surface area contributed by atoms with Gasteiger partial charge in [-0.1, -0.05) is 54.6 Å². The number of nitrogens with zero attached hydrogens (tertiary/aromatic N) is 4. The Morgan fingerprint density at radius 3 is 2.03 bits per heavy atom. The van der Waals surface area contributed by atoms with Gasteiger partial charge in [-0.2, -0.15) is 18.3 Å². The zero-order chi connectivity index (χ0) is 23.7. The van der Waals surface area contributed by atoms with Crippen LogP contribution in [-0.4, -0.2) is 25.6 Å². The lowest BCUT2D eigenvalue weighted by Crippen LogP contribution is -2.06. The minimum Gasteiger partial charge on any atom is -0.302 e. The van der Waals surface area contributed by atoms with Crippen LogP contribution in [0.25, 0.3) is 33.8 Å². The smallest absolute Gasteiger partial charge is 0.302 e. The maximum atomic E-state index is 13.1. The number of halogens is 3. The molecule has 0 unspecified atom stereocenters. The lowest BCUT2D eigenvalue weighted by Gasteiger charge is -2.13. The number of rotatable bonds is 5. The monoisotopic (exact) mass is 476 g/mol. The van der Waals surface area contributed by atoms with Crippen LogP contribution in [-0.2, 0) is 6.18 Å². The van der Waals surface area contributed by atoms with Gasteiger partial charge in [-0.25, -0.2) is 9.67 Å². The first-order chi connectivity index (χ1) is 16.5. The van der Waals surface area contributed by atoms with Crippen LogP contribution in [0.15, 0.2) is 103 Å². The van der Waals surface area contributed by atoms with Gasteiger partial charge in [0, 0.05) is 18.0 Å². The van der Waals surface area contributed by atoms with Crippen molar-refractivity contribution in [1.82, 2.24) is 19.3 Å². The molecule has 5 aromatic rings. The van der Waals surface area contributed by atoms with E-state index in [2.05, 4.69) is 4.98 Å². The molecule has 2 aromatic heterocycles. The highest BCUT2D eigenvalue weighted by atomic mass is 32.2. The van der Waals surface area contributed by atoms with Gasteiger partial charge in [0.05, 0.1) is 23.3 Å². The molecule has 0 amide bonds. The predicted molar refractivity (Wildman–Crippen MR) is 128 cm³/mol. The number of aromatic nitrogens is 4. The fraction of sp³-hybridized carbons (Fsp3) is 0.0769. The molecule has 0 spiro atoms. The van der Waals surface area contributed by atoms with Gasteiger partial charge in [0.25, 0.3) is 0 Å². The largest absolute Gasteiger partial charge is 0.416 e. The second-order valence-corrected chi connectivity index (χ2v) is 8.37. The van der Waals surface area contributed by atoms with Gasteiger partial charge in [-0.05, 0) is 41.6 Å². The maximum absolute atomic E-state index is 13.1. The Hall–Kier alpha value is -3.78. The number of thioether (sulfide) groups is 1. The van der Waals surface area contributed by atoms with Gasteiger partial charge in [-0.15, -0.1) is 11.8 Å². The topological polar surface area (TPSA) is 35.6 Å². The molecule has 0 N–H and O–H groups in total. The summed E-state index contributed by atoms with van der Waals surface area (Å²) < 4.78 is 42.9. The third-order valence-electron chi connectivity index (χ3n) is 5.49. The van der Waals surface area contributed by atoms with E-state index in [-0.39, 0.29) is 0 Å². The zero-order valence-corrected chi connectivity index (χ0v) is 18.9. The minimum atomic E-state index is -4.40. The summed E-state index contributed by atoms with van der Waals surface area (Å²) in [6, 6.07) is 23.2. The summed E-state index contributed by atoms with van der Waals surface area (Å²) >= 11 is 1.46. The zero-order valence-electron chi connectivity index (χ0n) is 18.1. The Morgan fingerprint density at radius 1 is 0.794 bits per heavy atom. The molecule has 0 aliphatic carbocycles. The van der Waals surface area contributed by atoms with E-state index in [9.17, 15) is 13.2 Å². The molecule has 34 heavy (non-hydrogen) atoms. The molecule has 0 bridgehead atoms. The summed E-state index contributed by atoms with van der Waals surface area (Å²) in [5.41, 5.74) is 4.48. The Morgan fingerprint density at radius 2 is 1.44 bits per heavy atom. The van der Waals surface area contributed by atoms with Crippen molar-refractivity contribution >= 4 is 11.8 Å². The summed E-state index contributed by atoms with van der Waals surface area (Å²) in [4.78, 5) is 4.17. The van der Waals surface area contributed by atoms with Crippen LogP contribution >= 0.6 is 11.8 Å². The summed E-state index contributed by atoms with van der Waals surface area (Å²) in [5, 5.41) is 5.49. The van der Waals surface area contributed by atoms with E-state index in [1.807, 2.05) is 71.6 Å². The van der Waals surface area contributed by atoms with Crippen molar-refractivity contribution in [2.24, 2.45) is 0 Å². The van der Waals surface area contributed by atoms with Gasteiger partial charge in [0.15, 0.2) is 0 Å². The maximum Gasteiger partial charge on any atom is 0.416 e. The number of hydrogen-bond acceptors (Lipinski definition) is 3. The molecule has 170 valence electrons. The molecule has 3 aromatic carbocycles. The standard InChI is InChI=1S/C26H19F3N4S/c1-34-25-24(32-16-15-30-17-32)23(20-9-7-19(8-10-20)18-5-3-2-4-6-18)33(31-25)22-13-11-21(12-14-22)26(27,28)29/h2-17H,1H3. The molecule has 0 atom stereocenters. The molecule has 4 nitrogen and oxygen atoms in total. The van der Waals surface area contributed by atoms with Gasteiger partial charge >= 0.3 is 6.18 Å². The van der Waals surface area contributed by atoms with Gasteiger partial charge < -0.3 is 4.57 Å². The van der Waals surface area contributed by atoms with E-state index in [4.69, 9.17) is 5.10 Å². The predicted octanol–water partition coefficient (Wildman–Crippen LogP) is 7.13. The van der Waals surface area contributed by atoms with Crippen molar-refractivity contribution in [1.29, 1.82) is 0 Å². The SMILES string of the molecule is CSc1nn(-c2ccc(C(F)(F)F)cc2)c(-c2ccc(-c3ccccc3)cc2)c1-n1ccnc1. The van der Waals surface area contributed by atoms with Crippen LogP contribution in [0, 0.1) is 0 Å².